The number of hydrogen-bond acceptors (Lipinski definition) is 2. The summed E-state index contributed by atoms with van der Waals surface area (Å²) in [6, 6.07) is 0. The van der Waals surface area contributed by atoms with Crippen LogP contribution in [0.5, 0.6) is 0 Å². The Bertz CT molecular complexity index is 314. The van der Waals surface area contributed by atoms with Gasteiger partial charge in [-0.1, -0.05) is 27.7 Å². The summed E-state index contributed by atoms with van der Waals surface area (Å²) in [5.41, 5.74) is 3.95. The summed E-state index contributed by atoms with van der Waals surface area (Å²) in [4.78, 5) is 0. The molecule has 0 aliphatic carbocycles. The molecule has 0 radical (unpaired) electrons. The summed E-state index contributed by atoms with van der Waals surface area (Å²) in [7, 11) is 0. The van der Waals surface area contributed by atoms with Gasteiger partial charge in [0.25, 0.3) is 0 Å². The monoisotopic (exact) mass is 223 g/mol. The van der Waals surface area contributed by atoms with E-state index in [2.05, 4.69) is 50.1 Å². The largest absolute Gasteiger partial charge is 0.312 e. The van der Waals surface area contributed by atoms with Crippen molar-refractivity contribution in [2.24, 2.45) is 11.3 Å². The van der Waals surface area contributed by atoms with Crippen molar-refractivity contribution in [3.8, 4) is 0 Å². The van der Waals surface area contributed by atoms with E-state index in [-0.39, 0.29) is 0 Å². The number of aryl methyl sites for hydroxylation is 2. The highest BCUT2D eigenvalue weighted by Gasteiger charge is 2.19. The molecule has 92 valence electrons. The van der Waals surface area contributed by atoms with Crippen molar-refractivity contribution >= 4 is 0 Å². The van der Waals surface area contributed by atoms with Gasteiger partial charge in [-0.25, -0.2) is 0 Å². The van der Waals surface area contributed by atoms with Crippen molar-refractivity contribution in [2.45, 2.75) is 48.1 Å². The van der Waals surface area contributed by atoms with Crippen LogP contribution in [0.4, 0.5) is 0 Å². The van der Waals surface area contributed by atoms with Crippen LogP contribution >= 0.6 is 0 Å². The molecule has 1 aromatic heterocycles. The molecule has 1 aromatic rings. The summed E-state index contributed by atoms with van der Waals surface area (Å²) in [5.74, 6) is 0.667. The summed E-state index contributed by atoms with van der Waals surface area (Å²) in [6.07, 6.45) is 0. The molecule has 1 atom stereocenters. The zero-order valence-electron chi connectivity index (χ0n) is 11.4. The highest BCUT2D eigenvalue weighted by Crippen LogP contribution is 2.24. The third kappa shape index (κ3) is 3.34. The van der Waals surface area contributed by atoms with Crippen molar-refractivity contribution in [1.29, 1.82) is 0 Å². The Balaban J connectivity index is 2.42. The van der Waals surface area contributed by atoms with E-state index in [1.165, 1.54) is 11.3 Å². The molecule has 3 nitrogen and oxygen atoms in total. The highest BCUT2D eigenvalue weighted by molar-refractivity contribution is 5.22. The first-order chi connectivity index (χ1) is 7.32. The minimum atomic E-state index is 0.369. The van der Waals surface area contributed by atoms with E-state index in [4.69, 9.17) is 0 Å². The molecule has 0 saturated heterocycles. The number of hydrogen-bond donors (Lipinski definition) is 2. The molecule has 16 heavy (non-hydrogen) atoms. The number of nitrogens with zero attached hydrogens (tertiary/aromatic N) is 1. The molecule has 2 N–H and O–H groups in total. The van der Waals surface area contributed by atoms with E-state index >= 15 is 0 Å². The van der Waals surface area contributed by atoms with Crippen LogP contribution in [0.1, 0.15) is 44.6 Å². The van der Waals surface area contributed by atoms with Gasteiger partial charge in [0.15, 0.2) is 0 Å². The summed E-state index contributed by atoms with van der Waals surface area (Å²) in [5, 5.41) is 10.7. The first-order valence-electron chi connectivity index (χ1n) is 6.03. The standard InChI is InChI=1S/C13H25N3/c1-9(13(4,5)6)7-14-8-12-10(2)15-16-11(12)3/h9,14H,7-8H2,1-6H3,(H,15,16). The van der Waals surface area contributed by atoms with Gasteiger partial charge in [0.2, 0.25) is 0 Å². The fraction of sp³-hybridized carbons (Fsp3) is 0.769. The second kappa shape index (κ2) is 5.00. The van der Waals surface area contributed by atoms with Gasteiger partial charge in [-0.2, -0.15) is 5.10 Å². The Morgan fingerprint density at radius 1 is 1.31 bits per heavy atom. The zero-order chi connectivity index (χ0) is 12.3. The lowest BCUT2D eigenvalue weighted by Gasteiger charge is -2.27. The Kier molecular flexibility index (Phi) is 4.14. The van der Waals surface area contributed by atoms with Crippen molar-refractivity contribution in [3.63, 3.8) is 0 Å². The molecule has 0 amide bonds. The Labute approximate surface area is 99.0 Å². The summed E-state index contributed by atoms with van der Waals surface area (Å²) >= 11 is 0. The van der Waals surface area contributed by atoms with Crippen molar-refractivity contribution in [3.05, 3.63) is 17.0 Å². The van der Waals surface area contributed by atoms with Crippen molar-refractivity contribution < 1.29 is 0 Å². The van der Waals surface area contributed by atoms with Crippen LogP contribution in [-0.2, 0) is 6.54 Å². The lowest BCUT2D eigenvalue weighted by molar-refractivity contribution is 0.252. The maximum absolute atomic E-state index is 4.20. The predicted molar refractivity (Wildman–Crippen MR) is 68.4 cm³/mol. The van der Waals surface area contributed by atoms with Crippen LogP contribution in [0.15, 0.2) is 0 Å². The Hall–Kier alpha value is -0.830. The molecule has 0 aliphatic rings. The predicted octanol–water partition coefficient (Wildman–Crippen LogP) is 2.80. The van der Waals surface area contributed by atoms with Gasteiger partial charge in [-0.05, 0) is 31.7 Å². The van der Waals surface area contributed by atoms with E-state index < -0.39 is 0 Å². The van der Waals surface area contributed by atoms with Gasteiger partial charge < -0.3 is 5.32 Å². The van der Waals surface area contributed by atoms with Gasteiger partial charge in [0.05, 0.1) is 5.69 Å². The smallest absolute Gasteiger partial charge is 0.0638 e. The topological polar surface area (TPSA) is 40.7 Å². The minimum absolute atomic E-state index is 0.369. The van der Waals surface area contributed by atoms with Crippen LogP contribution < -0.4 is 5.32 Å². The highest BCUT2D eigenvalue weighted by atomic mass is 15.1. The van der Waals surface area contributed by atoms with Crippen molar-refractivity contribution in [1.82, 2.24) is 15.5 Å². The molecule has 0 spiro atoms. The van der Waals surface area contributed by atoms with Gasteiger partial charge in [0, 0.05) is 17.8 Å². The molecule has 0 saturated carbocycles. The number of nitrogens with one attached hydrogen (secondary N) is 2. The molecule has 0 aromatic carbocycles. The molecule has 1 heterocycles. The molecule has 0 bridgehead atoms. The normalized spacial score (nSPS) is 14.1. The Morgan fingerprint density at radius 2 is 1.94 bits per heavy atom. The second-order valence-electron chi connectivity index (χ2n) is 5.81. The number of H-pyrrole nitrogens is 1. The fourth-order valence-corrected chi connectivity index (χ4v) is 1.55. The first-order valence-corrected chi connectivity index (χ1v) is 6.03. The third-order valence-corrected chi connectivity index (χ3v) is 3.51. The molecule has 3 heteroatoms. The molecule has 1 rings (SSSR count). The van der Waals surface area contributed by atoms with Gasteiger partial charge in [0.1, 0.15) is 0 Å². The van der Waals surface area contributed by atoms with E-state index in [0.717, 1.165) is 18.8 Å². The molecular weight excluding hydrogens is 198 g/mol. The van der Waals surface area contributed by atoms with Crippen LogP contribution in [0.25, 0.3) is 0 Å². The molecule has 0 aliphatic heterocycles. The zero-order valence-corrected chi connectivity index (χ0v) is 11.4. The van der Waals surface area contributed by atoms with E-state index in [0.29, 0.717) is 11.3 Å². The maximum Gasteiger partial charge on any atom is 0.0638 e. The minimum Gasteiger partial charge on any atom is -0.312 e. The van der Waals surface area contributed by atoms with E-state index in [1.54, 1.807) is 0 Å². The maximum atomic E-state index is 4.20. The van der Waals surface area contributed by atoms with Gasteiger partial charge >= 0.3 is 0 Å². The Morgan fingerprint density at radius 3 is 2.38 bits per heavy atom. The number of aromatic amines is 1. The van der Waals surface area contributed by atoms with Gasteiger partial charge in [-0.3, -0.25) is 5.10 Å². The van der Waals surface area contributed by atoms with Crippen LogP contribution in [-0.4, -0.2) is 16.7 Å². The second-order valence-corrected chi connectivity index (χ2v) is 5.81. The lowest BCUT2D eigenvalue weighted by atomic mass is 9.82. The van der Waals surface area contributed by atoms with Crippen LogP contribution in [0, 0.1) is 25.2 Å². The third-order valence-electron chi connectivity index (χ3n) is 3.51. The molecular formula is C13H25N3. The lowest BCUT2D eigenvalue weighted by Crippen LogP contribution is -2.29. The number of rotatable bonds is 4. The van der Waals surface area contributed by atoms with Gasteiger partial charge in [-0.15, -0.1) is 0 Å². The van der Waals surface area contributed by atoms with E-state index in [1.807, 2.05) is 6.92 Å². The molecule has 0 fully saturated rings. The summed E-state index contributed by atoms with van der Waals surface area (Å²) in [6.45, 7) is 15.2. The first kappa shape index (κ1) is 13.2. The van der Waals surface area contributed by atoms with Crippen LogP contribution in [0.2, 0.25) is 0 Å². The SMILES string of the molecule is Cc1n[nH]c(C)c1CNCC(C)C(C)(C)C. The summed E-state index contributed by atoms with van der Waals surface area (Å²) < 4.78 is 0. The van der Waals surface area contributed by atoms with E-state index in [9.17, 15) is 0 Å². The average molecular weight is 223 g/mol. The quantitative estimate of drug-likeness (QED) is 0.824. The number of aromatic nitrogens is 2. The molecule has 1 unspecified atom stereocenters. The van der Waals surface area contributed by atoms with Crippen molar-refractivity contribution in [2.75, 3.05) is 6.54 Å². The fourth-order valence-electron chi connectivity index (χ4n) is 1.55. The van der Waals surface area contributed by atoms with Crippen LogP contribution in [0.3, 0.4) is 0 Å². The average Bonchev–Trinajstić information content (AvgIpc) is 2.47.